The van der Waals surface area contributed by atoms with Crippen LogP contribution in [0.25, 0.3) is 22.2 Å². The first-order valence-corrected chi connectivity index (χ1v) is 10.0. The summed E-state index contributed by atoms with van der Waals surface area (Å²) in [5.74, 6) is 1.65. The minimum atomic E-state index is -0.0664. The molecule has 7 heteroatoms. The number of methoxy groups -OCH3 is 1. The standard InChI is InChI=1S/C22H19N3O3S/c1-27-17-10-7-15(8-11-17)9-12-19(26)23-18-13-14-29-20(18)22-24-21(25-28-22)16-5-3-2-4-6-16/h2-8,10-11,13-14H,9,12H2,1H3,(H,23,26). The molecular weight excluding hydrogens is 386 g/mol. The van der Waals surface area contributed by atoms with E-state index in [0.717, 1.165) is 21.8 Å². The Morgan fingerprint density at radius 1 is 1.10 bits per heavy atom. The third-order valence-electron chi connectivity index (χ3n) is 4.39. The van der Waals surface area contributed by atoms with Gasteiger partial charge in [-0.3, -0.25) is 4.79 Å². The monoisotopic (exact) mass is 405 g/mol. The topological polar surface area (TPSA) is 77.2 Å². The number of nitrogens with one attached hydrogen (secondary N) is 1. The van der Waals surface area contributed by atoms with Gasteiger partial charge < -0.3 is 14.6 Å². The summed E-state index contributed by atoms with van der Waals surface area (Å²) in [5, 5.41) is 8.89. The number of anilines is 1. The van der Waals surface area contributed by atoms with Crippen molar-refractivity contribution >= 4 is 22.9 Å². The van der Waals surface area contributed by atoms with Gasteiger partial charge in [-0.1, -0.05) is 47.6 Å². The summed E-state index contributed by atoms with van der Waals surface area (Å²) in [7, 11) is 1.63. The second-order valence-electron chi connectivity index (χ2n) is 6.35. The Morgan fingerprint density at radius 3 is 2.66 bits per heavy atom. The summed E-state index contributed by atoms with van der Waals surface area (Å²) in [5.41, 5.74) is 2.64. The van der Waals surface area contributed by atoms with E-state index in [4.69, 9.17) is 9.26 Å². The van der Waals surface area contributed by atoms with E-state index in [2.05, 4.69) is 15.5 Å². The zero-order valence-electron chi connectivity index (χ0n) is 15.8. The molecule has 0 radical (unpaired) electrons. The van der Waals surface area contributed by atoms with Crippen LogP contribution in [0, 0.1) is 0 Å². The molecule has 146 valence electrons. The molecule has 2 aromatic carbocycles. The number of hydrogen-bond donors (Lipinski definition) is 1. The van der Waals surface area contributed by atoms with Gasteiger partial charge >= 0.3 is 0 Å². The van der Waals surface area contributed by atoms with Gasteiger partial charge in [-0.25, -0.2) is 0 Å². The summed E-state index contributed by atoms with van der Waals surface area (Å²) in [6.45, 7) is 0. The van der Waals surface area contributed by atoms with Crippen LogP contribution >= 0.6 is 11.3 Å². The van der Waals surface area contributed by atoms with Crippen LogP contribution in [0.1, 0.15) is 12.0 Å². The number of ether oxygens (including phenoxy) is 1. The minimum absolute atomic E-state index is 0.0664. The van der Waals surface area contributed by atoms with E-state index in [1.807, 2.05) is 66.0 Å². The normalized spacial score (nSPS) is 10.7. The Bertz CT molecular complexity index is 1090. The van der Waals surface area contributed by atoms with E-state index in [1.165, 1.54) is 11.3 Å². The summed E-state index contributed by atoms with van der Waals surface area (Å²) in [6, 6.07) is 19.2. The molecular formula is C22H19N3O3S. The maximum atomic E-state index is 12.4. The third-order valence-corrected chi connectivity index (χ3v) is 5.29. The number of amides is 1. The van der Waals surface area contributed by atoms with Gasteiger partial charge in [0.2, 0.25) is 11.7 Å². The number of carbonyl (C=O) groups is 1. The van der Waals surface area contributed by atoms with Crippen molar-refractivity contribution in [2.75, 3.05) is 12.4 Å². The number of thiophene rings is 1. The number of benzene rings is 2. The molecule has 0 atom stereocenters. The molecule has 0 bridgehead atoms. The van der Waals surface area contributed by atoms with Crippen LogP contribution in [0.5, 0.6) is 5.75 Å². The maximum Gasteiger partial charge on any atom is 0.270 e. The van der Waals surface area contributed by atoms with Crippen LogP contribution in [-0.2, 0) is 11.2 Å². The van der Waals surface area contributed by atoms with Gasteiger partial charge in [0.25, 0.3) is 5.89 Å². The first-order valence-electron chi connectivity index (χ1n) is 9.13. The predicted octanol–water partition coefficient (Wildman–Crippen LogP) is 5.05. The largest absolute Gasteiger partial charge is 0.497 e. The Hall–Kier alpha value is -3.45. The van der Waals surface area contributed by atoms with Crippen molar-refractivity contribution in [1.82, 2.24) is 10.1 Å². The minimum Gasteiger partial charge on any atom is -0.497 e. The Balaban J connectivity index is 1.41. The fraction of sp³-hybridized carbons (Fsp3) is 0.136. The highest BCUT2D eigenvalue weighted by Crippen LogP contribution is 2.33. The Morgan fingerprint density at radius 2 is 1.90 bits per heavy atom. The van der Waals surface area contributed by atoms with Crippen molar-refractivity contribution in [3.8, 4) is 27.9 Å². The van der Waals surface area contributed by atoms with E-state index in [-0.39, 0.29) is 5.91 Å². The second kappa shape index (κ2) is 8.70. The Kier molecular flexibility index (Phi) is 5.67. The average Bonchev–Trinajstić information content (AvgIpc) is 3.43. The van der Waals surface area contributed by atoms with Gasteiger partial charge in [0.15, 0.2) is 0 Å². The SMILES string of the molecule is COc1ccc(CCC(=O)Nc2ccsc2-c2nc(-c3ccccc3)no2)cc1. The molecule has 0 unspecified atom stereocenters. The van der Waals surface area contributed by atoms with Crippen LogP contribution in [0.15, 0.2) is 70.6 Å². The number of carbonyl (C=O) groups excluding carboxylic acids is 1. The molecule has 29 heavy (non-hydrogen) atoms. The van der Waals surface area contributed by atoms with Crippen LogP contribution in [-0.4, -0.2) is 23.2 Å². The van der Waals surface area contributed by atoms with Crippen LogP contribution < -0.4 is 10.1 Å². The van der Waals surface area contributed by atoms with Crippen molar-refractivity contribution < 1.29 is 14.1 Å². The van der Waals surface area contributed by atoms with Crippen molar-refractivity contribution in [2.24, 2.45) is 0 Å². The molecule has 1 N–H and O–H groups in total. The molecule has 6 nitrogen and oxygen atoms in total. The van der Waals surface area contributed by atoms with Crippen molar-refractivity contribution in [1.29, 1.82) is 0 Å². The first-order chi connectivity index (χ1) is 14.2. The molecule has 4 aromatic rings. The average molecular weight is 405 g/mol. The van der Waals surface area contributed by atoms with Crippen molar-refractivity contribution in [2.45, 2.75) is 12.8 Å². The van der Waals surface area contributed by atoms with Gasteiger partial charge in [-0.15, -0.1) is 11.3 Å². The van der Waals surface area contributed by atoms with E-state index in [1.54, 1.807) is 7.11 Å². The molecule has 2 heterocycles. The van der Waals surface area contributed by atoms with Crippen LogP contribution in [0.3, 0.4) is 0 Å². The molecule has 0 fully saturated rings. The van der Waals surface area contributed by atoms with E-state index < -0.39 is 0 Å². The fourth-order valence-corrected chi connectivity index (χ4v) is 3.63. The molecule has 1 amide bonds. The number of nitrogens with zero attached hydrogens (tertiary/aromatic N) is 2. The van der Waals surface area contributed by atoms with E-state index >= 15 is 0 Å². The highest BCUT2D eigenvalue weighted by molar-refractivity contribution is 7.14. The number of aryl methyl sites for hydroxylation is 1. The Labute approximate surface area is 172 Å². The van der Waals surface area contributed by atoms with Gasteiger partial charge in [0.1, 0.15) is 10.6 Å². The number of rotatable bonds is 7. The van der Waals surface area contributed by atoms with Gasteiger partial charge in [0.05, 0.1) is 12.8 Å². The summed E-state index contributed by atoms with van der Waals surface area (Å²) < 4.78 is 10.6. The first kappa shape index (κ1) is 18.9. The number of hydrogen-bond acceptors (Lipinski definition) is 6. The smallest absolute Gasteiger partial charge is 0.270 e. The lowest BCUT2D eigenvalue weighted by Gasteiger charge is -2.06. The molecule has 0 saturated heterocycles. The summed E-state index contributed by atoms with van der Waals surface area (Å²) in [4.78, 5) is 17.6. The molecule has 0 saturated carbocycles. The van der Waals surface area contributed by atoms with Gasteiger partial charge in [0, 0.05) is 12.0 Å². The van der Waals surface area contributed by atoms with E-state index in [0.29, 0.717) is 30.2 Å². The summed E-state index contributed by atoms with van der Waals surface area (Å²) in [6.07, 6.45) is 1.02. The maximum absolute atomic E-state index is 12.4. The van der Waals surface area contributed by atoms with Crippen molar-refractivity contribution in [3.63, 3.8) is 0 Å². The number of aromatic nitrogens is 2. The molecule has 4 rings (SSSR count). The lowest BCUT2D eigenvalue weighted by atomic mass is 10.1. The second-order valence-corrected chi connectivity index (χ2v) is 7.26. The predicted molar refractivity (Wildman–Crippen MR) is 113 cm³/mol. The quantitative estimate of drug-likeness (QED) is 0.466. The molecule has 2 aromatic heterocycles. The lowest BCUT2D eigenvalue weighted by Crippen LogP contribution is -2.12. The molecule has 0 aliphatic carbocycles. The molecule has 0 aliphatic heterocycles. The highest BCUT2D eigenvalue weighted by Gasteiger charge is 2.17. The summed E-state index contributed by atoms with van der Waals surface area (Å²) >= 11 is 1.45. The van der Waals surface area contributed by atoms with Crippen LogP contribution in [0.4, 0.5) is 5.69 Å². The highest BCUT2D eigenvalue weighted by atomic mass is 32.1. The fourth-order valence-electron chi connectivity index (χ4n) is 2.86. The zero-order chi connectivity index (χ0) is 20.1. The molecule has 0 spiro atoms. The third kappa shape index (κ3) is 4.52. The van der Waals surface area contributed by atoms with Crippen molar-refractivity contribution in [3.05, 3.63) is 71.6 Å². The van der Waals surface area contributed by atoms with Gasteiger partial charge in [-0.05, 0) is 35.6 Å². The van der Waals surface area contributed by atoms with E-state index in [9.17, 15) is 4.79 Å². The lowest BCUT2D eigenvalue weighted by molar-refractivity contribution is -0.116. The van der Waals surface area contributed by atoms with Crippen LogP contribution in [0.2, 0.25) is 0 Å². The molecule has 0 aliphatic rings. The zero-order valence-corrected chi connectivity index (χ0v) is 16.6. The van der Waals surface area contributed by atoms with Gasteiger partial charge in [-0.2, -0.15) is 4.98 Å².